The van der Waals surface area contributed by atoms with E-state index in [0.29, 0.717) is 0 Å². The van der Waals surface area contributed by atoms with E-state index in [2.05, 4.69) is 64.1 Å². The molecule has 1 aromatic carbocycles. The maximum Gasteiger partial charge on any atom is 0.133 e. The van der Waals surface area contributed by atoms with E-state index in [4.69, 9.17) is 0 Å². The second-order valence-electron chi connectivity index (χ2n) is 4.73. The molecule has 3 nitrogen and oxygen atoms in total. The van der Waals surface area contributed by atoms with E-state index in [-0.39, 0.29) is 0 Å². The van der Waals surface area contributed by atoms with Gasteiger partial charge in [-0.3, -0.25) is 0 Å². The average Bonchev–Trinajstić information content (AvgIpc) is 2.50. The largest absolute Gasteiger partial charge is 0.370 e. The van der Waals surface area contributed by atoms with Crippen molar-refractivity contribution in [1.29, 1.82) is 0 Å². The highest BCUT2D eigenvalue weighted by atomic mass is 79.9. The van der Waals surface area contributed by atoms with Gasteiger partial charge in [0.25, 0.3) is 0 Å². The highest BCUT2D eigenvalue weighted by molar-refractivity contribution is 9.10. The Morgan fingerprint density at radius 2 is 1.95 bits per heavy atom. The molecule has 21 heavy (non-hydrogen) atoms. The maximum absolute atomic E-state index is 4.69. The predicted molar refractivity (Wildman–Crippen MR) is 93.2 cm³/mol. The van der Waals surface area contributed by atoms with Crippen molar-refractivity contribution in [3.8, 4) is 0 Å². The molecule has 0 atom stereocenters. The topological polar surface area (TPSA) is 37.8 Å². The number of aromatic nitrogens is 2. The van der Waals surface area contributed by atoms with Crippen LogP contribution in [0.15, 0.2) is 38.7 Å². The monoisotopic (exact) mass is 365 g/mol. The molecule has 0 bridgehead atoms. The SMILES string of the molecule is CCCNc1nc(CC)nc(Sc2ccccc2Br)c1C. The highest BCUT2D eigenvalue weighted by Crippen LogP contribution is 2.35. The fourth-order valence-corrected chi connectivity index (χ4v) is 3.29. The van der Waals surface area contributed by atoms with Gasteiger partial charge in [0.05, 0.1) is 0 Å². The maximum atomic E-state index is 4.69. The van der Waals surface area contributed by atoms with Gasteiger partial charge >= 0.3 is 0 Å². The third-order valence-corrected chi connectivity index (χ3v) is 5.17. The van der Waals surface area contributed by atoms with Crippen LogP contribution >= 0.6 is 27.7 Å². The van der Waals surface area contributed by atoms with Crippen molar-refractivity contribution >= 4 is 33.5 Å². The summed E-state index contributed by atoms with van der Waals surface area (Å²) in [5.74, 6) is 1.84. The molecular weight excluding hydrogens is 346 g/mol. The number of hydrogen-bond acceptors (Lipinski definition) is 4. The zero-order chi connectivity index (χ0) is 15.2. The van der Waals surface area contributed by atoms with Gasteiger partial charge in [-0.05, 0) is 41.4 Å². The number of hydrogen-bond donors (Lipinski definition) is 1. The van der Waals surface area contributed by atoms with Crippen molar-refractivity contribution in [2.75, 3.05) is 11.9 Å². The predicted octanol–water partition coefficient (Wildman–Crippen LogP) is 5.08. The van der Waals surface area contributed by atoms with Gasteiger partial charge in [0, 0.05) is 27.9 Å². The van der Waals surface area contributed by atoms with Crippen molar-refractivity contribution in [3.63, 3.8) is 0 Å². The number of aryl methyl sites for hydroxylation is 1. The number of nitrogens with one attached hydrogen (secondary N) is 1. The van der Waals surface area contributed by atoms with E-state index in [9.17, 15) is 0 Å². The smallest absolute Gasteiger partial charge is 0.133 e. The Bertz CT molecular complexity index is 616. The Kier molecular flexibility index (Phi) is 6.06. The van der Waals surface area contributed by atoms with Crippen LogP contribution in [-0.4, -0.2) is 16.5 Å². The lowest BCUT2D eigenvalue weighted by molar-refractivity contribution is 0.861. The molecule has 1 heterocycles. The minimum atomic E-state index is 0.838. The second-order valence-corrected chi connectivity index (χ2v) is 6.62. The summed E-state index contributed by atoms with van der Waals surface area (Å²) >= 11 is 5.27. The third-order valence-electron chi connectivity index (χ3n) is 3.05. The summed E-state index contributed by atoms with van der Waals surface area (Å²) < 4.78 is 1.09. The summed E-state index contributed by atoms with van der Waals surface area (Å²) in [4.78, 5) is 10.5. The van der Waals surface area contributed by atoms with Crippen molar-refractivity contribution < 1.29 is 0 Å². The quantitative estimate of drug-likeness (QED) is 0.724. The summed E-state index contributed by atoms with van der Waals surface area (Å²) in [5.41, 5.74) is 1.11. The Morgan fingerprint density at radius 1 is 1.19 bits per heavy atom. The van der Waals surface area contributed by atoms with E-state index >= 15 is 0 Å². The first-order valence-corrected chi connectivity index (χ1v) is 8.80. The van der Waals surface area contributed by atoms with Crippen molar-refractivity contribution in [1.82, 2.24) is 9.97 Å². The number of anilines is 1. The van der Waals surface area contributed by atoms with E-state index in [1.165, 1.54) is 4.90 Å². The van der Waals surface area contributed by atoms with Gasteiger partial charge in [-0.15, -0.1) is 0 Å². The normalized spacial score (nSPS) is 10.7. The lowest BCUT2D eigenvalue weighted by Crippen LogP contribution is -2.08. The molecule has 2 aromatic rings. The summed E-state index contributed by atoms with van der Waals surface area (Å²) in [7, 11) is 0. The Hall–Kier alpha value is -1.07. The molecular formula is C16H20BrN3S. The molecule has 0 unspecified atom stereocenters. The van der Waals surface area contributed by atoms with Crippen LogP contribution in [0, 0.1) is 6.92 Å². The fraction of sp³-hybridized carbons (Fsp3) is 0.375. The zero-order valence-electron chi connectivity index (χ0n) is 12.6. The molecule has 1 aromatic heterocycles. The second kappa shape index (κ2) is 7.80. The van der Waals surface area contributed by atoms with Crippen LogP contribution in [0.25, 0.3) is 0 Å². The van der Waals surface area contributed by atoms with E-state index < -0.39 is 0 Å². The van der Waals surface area contributed by atoms with Crippen molar-refractivity contribution in [2.24, 2.45) is 0 Å². The van der Waals surface area contributed by atoms with Gasteiger partial charge in [0.2, 0.25) is 0 Å². The van der Waals surface area contributed by atoms with Gasteiger partial charge in [-0.1, -0.05) is 37.7 Å². The van der Waals surface area contributed by atoms with Gasteiger partial charge in [0.15, 0.2) is 0 Å². The average molecular weight is 366 g/mol. The molecule has 112 valence electrons. The van der Waals surface area contributed by atoms with Gasteiger partial charge in [-0.2, -0.15) is 0 Å². The first kappa shape index (κ1) is 16.3. The van der Waals surface area contributed by atoms with Crippen LogP contribution < -0.4 is 5.32 Å². The van der Waals surface area contributed by atoms with Crippen LogP contribution in [0.4, 0.5) is 5.82 Å². The molecule has 0 aliphatic rings. The van der Waals surface area contributed by atoms with E-state index in [0.717, 1.165) is 46.1 Å². The molecule has 0 saturated carbocycles. The molecule has 0 radical (unpaired) electrons. The standard InChI is InChI=1S/C16H20BrN3S/c1-4-10-18-15-11(3)16(20-14(5-2)19-15)21-13-9-7-6-8-12(13)17/h6-9H,4-5,10H2,1-3H3,(H,18,19,20). The van der Waals surface area contributed by atoms with Gasteiger partial charge < -0.3 is 5.32 Å². The lowest BCUT2D eigenvalue weighted by atomic mass is 10.3. The molecule has 0 saturated heterocycles. The molecule has 1 N–H and O–H groups in total. The Morgan fingerprint density at radius 3 is 2.62 bits per heavy atom. The first-order valence-electron chi connectivity index (χ1n) is 7.19. The van der Waals surface area contributed by atoms with Crippen LogP contribution in [0.3, 0.4) is 0 Å². The summed E-state index contributed by atoms with van der Waals surface area (Å²) in [6, 6.07) is 8.21. The highest BCUT2D eigenvalue weighted by Gasteiger charge is 2.12. The Labute approximate surface area is 139 Å². The summed E-state index contributed by atoms with van der Waals surface area (Å²) in [5, 5.41) is 4.42. The Balaban J connectivity index is 2.35. The first-order chi connectivity index (χ1) is 10.2. The summed E-state index contributed by atoms with van der Waals surface area (Å²) in [6.45, 7) is 7.25. The van der Waals surface area contributed by atoms with Gasteiger partial charge in [0.1, 0.15) is 16.7 Å². The number of rotatable bonds is 6. The molecule has 0 aliphatic heterocycles. The summed E-state index contributed by atoms with van der Waals surface area (Å²) in [6.07, 6.45) is 1.92. The van der Waals surface area contributed by atoms with Crippen LogP contribution in [0.2, 0.25) is 0 Å². The van der Waals surface area contributed by atoms with Crippen molar-refractivity contribution in [2.45, 2.75) is 43.5 Å². The lowest BCUT2D eigenvalue weighted by Gasteiger charge is -2.13. The third kappa shape index (κ3) is 4.20. The van der Waals surface area contributed by atoms with Crippen molar-refractivity contribution in [3.05, 3.63) is 40.1 Å². The van der Waals surface area contributed by atoms with Crippen LogP contribution in [-0.2, 0) is 6.42 Å². The van der Waals surface area contributed by atoms with Crippen LogP contribution in [0.1, 0.15) is 31.7 Å². The molecule has 2 rings (SSSR count). The minimum absolute atomic E-state index is 0.838. The molecule has 0 spiro atoms. The number of benzene rings is 1. The van der Waals surface area contributed by atoms with E-state index in [1.807, 2.05) is 12.1 Å². The van der Waals surface area contributed by atoms with Gasteiger partial charge in [-0.25, -0.2) is 9.97 Å². The molecule has 0 amide bonds. The number of halogens is 1. The molecule has 0 fully saturated rings. The number of nitrogens with zero attached hydrogens (tertiary/aromatic N) is 2. The minimum Gasteiger partial charge on any atom is -0.370 e. The van der Waals surface area contributed by atoms with Crippen LogP contribution in [0.5, 0.6) is 0 Å². The van der Waals surface area contributed by atoms with E-state index in [1.54, 1.807) is 11.8 Å². The molecule has 0 aliphatic carbocycles. The molecule has 5 heteroatoms. The zero-order valence-corrected chi connectivity index (χ0v) is 15.0. The fourth-order valence-electron chi connectivity index (χ4n) is 1.84.